The molecule has 2 heterocycles. The Kier molecular flexibility index (Phi) is 11.4. The molecule has 302 valence electrons. The zero-order chi connectivity index (χ0) is 40.1. The van der Waals surface area contributed by atoms with Crippen LogP contribution in [0.25, 0.3) is 0 Å². The van der Waals surface area contributed by atoms with Crippen LogP contribution in [0.5, 0.6) is 0 Å². The highest BCUT2D eigenvalue weighted by atomic mass is 16.6. The summed E-state index contributed by atoms with van der Waals surface area (Å²) in [5, 5.41) is 51.6. The van der Waals surface area contributed by atoms with E-state index in [-0.39, 0.29) is 42.9 Å². The zero-order valence-electron chi connectivity index (χ0n) is 32.2. The van der Waals surface area contributed by atoms with Crippen molar-refractivity contribution in [1.82, 2.24) is 5.32 Å². The van der Waals surface area contributed by atoms with Crippen LogP contribution < -0.4 is 5.32 Å². The van der Waals surface area contributed by atoms with Crippen LogP contribution in [0.3, 0.4) is 0 Å². The lowest BCUT2D eigenvalue weighted by Gasteiger charge is -2.67. The molecule has 2 saturated carbocycles. The number of rotatable bonds is 2. The Balaban J connectivity index is 1.51. The van der Waals surface area contributed by atoms with Crippen molar-refractivity contribution in [3.8, 4) is 0 Å². The minimum absolute atomic E-state index is 0.00460. The second-order valence-corrected chi connectivity index (χ2v) is 16.8. The van der Waals surface area contributed by atoms with Gasteiger partial charge in [0.05, 0.1) is 30.1 Å². The Morgan fingerprint density at radius 1 is 0.909 bits per heavy atom. The molecule has 6 rings (SSSR count). The molecule has 3 aliphatic carbocycles. The molecule has 14 nitrogen and oxygen atoms in total. The smallest absolute Gasteiger partial charge is 0.338 e. The maximum absolute atomic E-state index is 14.9. The number of aliphatic hydroxyl groups excluding tert-OH is 3. The monoisotopic (exact) mass is 769 g/mol. The van der Waals surface area contributed by atoms with Gasteiger partial charge in [-0.05, 0) is 43.4 Å². The summed E-state index contributed by atoms with van der Waals surface area (Å²) in [5.41, 5.74) is -6.74. The van der Waals surface area contributed by atoms with Crippen LogP contribution in [0, 0.1) is 16.7 Å². The lowest BCUT2D eigenvalue weighted by atomic mass is 9.44. The molecule has 4 fully saturated rings. The molecule has 55 heavy (non-hydrogen) atoms. The molecule has 2 saturated heterocycles. The second kappa shape index (κ2) is 15.3. The van der Waals surface area contributed by atoms with Crippen molar-refractivity contribution in [2.24, 2.45) is 16.7 Å². The third-order valence-electron chi connectivity index (χ3n) is 13.3. The summed E-state index contributed by atoms with van der Waals surface area (Å²) in [7, 11) is 0. The predicted molar refractivity (Wildman–Crippen MR) is 194 cm³/mol. The second-order valence-electron chi connectivity index (χ2n) is 16.8. The summed E-state index contributed by atoms with van der Waals surface area (Å²) in [6.07, 6.45) is -5.82. The van der Waals surface area contributed by atoms with E-state index in [0.717, 1.165) is 19.3 Å². The van der Waals surface area contributed by atoms with Gasteiger partial charge in [-0.1, -0.05) is 69.9 Å². The Hall–Kier alpha value is -3.69. The topological polar surface area (TPSA) is 215 Å². The first-order valence-corrected chi connectivity index (χ1v) is 19.5. The first-order chi connectivity index (χ1) is 25.9. The summed E-state index contributed by atoms with van der Waals surface area (Å²) in [4.78, 5) is 68.7. The fourth-order valence-electron chi connectivity index (χ4n) is 10.1. The molecule has 1 aromatic rings. The van der Waals surface area contributed by atoms with E-state index in [1.54, 1.807) is 51.1 Å². The normalized spacial score (nSPS) is 40.2. The van der Waals surface area contributed by atoms with E-state index >= 15 is 0 Å². The van der Waals surface area contributed by atoms with Gasteiger partial charge in [0.1, 0.15) is 30.0 Å². The van der Waals surface area contributed by atoms with Crippen molar-refractivity contribution in [3.63, 3.8) is 0 Å². The molecule has 1 aromatic carbocycles. The van der Waals surface area contributed by atoms with Crippen molar-refractivity contribution in [2.45, 2.75) is 153 Å². The fourth-order valence-corrected chi connectivity index (χ4v) is 10.1. The molecular formula is C41H55NO13. The molecule has 11 atom stereocenters. The standard InChI is InChI=1S/C41H55NO13/c1-22-25-20-41(51)36(34-39(5,35(49)32(47)30(22)38(41,3)4)26(44)19-27-40(34,21-52-27)55-23(2)43)54-29(46)18-14-9-7-6-8-13-17-28(45)42-31(33(48)37(50)53-25)24-15-11-10-12-16-24/h10-12,15-16,25-27,31-34,36,44,47-48,51H,6-9,13-14,17-21H2,1-5H3,(H,42,45)/t25-,26-,27-,31-,32-,33-,34-,36-,39+,40-,41+/m0/s1. The van der Waals surface area contributed by atoms with E-state index in [1.165, 1.54) is 13.8 Å². The molecule has 0 radical (unpaired) electrons. The van der Waals surface area contributed by atoms with Gasteiger partial charge >= 0.3 is 17.9 Å². The highest BCUT2D eigenvalue weighted by Gasteiger charge is 2.78. The maximum atomic E-state index is 14.9. The van der Waals surface area contributed by atoms with Crippen LogP contribution in [-0.2, 0) is 42.9 Å². The van der Waals surface area contributed by atoms with Crippen LogP contribution in [0.1, 0.15) is 110 Å². The van der Waals surface area contributed by atoms with E-state index in [1.807, 2.05) is 0 Å². The SMILES string of the molecule is CC(=O)O[C@@]12CO[C@H]1C[C@H](O)[C@@]1(C)C(=O)[C@@H](O)C3=C(C)[C@@H]4C[C@@](O)([C@@H](OC(=O)CCCCCCCCC(=O)N[C@@H](c5ccccc5)[C@H](O)C(=O)O4)[C@H]21)C3(C)C. The van der Waals surface area contributed by atoms with E-state index in [4.69, 9.17) is 18.9 Å². The maximum Gasteiger partial charge on any atom is 0.338 e. The van der Waals surface area contributed by atoms with Crippen molar-refractivity contribution in [2.75, 3.05) is 6.61 Å². The number of esters is 3. The highest BCUT2D eigenvalue weighted by molar-refractivity contribution is 5.93. The Morgan fingerprint density at radius 3 is 2.16 bits per heavy atom. The van der Waals surface area contributed by atoms with Gasteiger partial charge in [0, 0.05) is 38.0 Å². The number of benzene rings is 1. The lowest BCUT2D eigenvalue weighted by Crippen LogP contribution is -2.81. The van der Waals surface area contributed by atoms with Gasteiger partial charge in [-0.25, -0.2) is 4.79 Å². The number of nitrogens with one attached hydrogen (secondary N) is 1. The van der Waals surface area contributed by atoms with Gasteiger partial charge in [0.25, 0.3) is 0 Å². The number of ketones is 1. The molecule has 0 aromatic heterocycles. The molecular weight excluding hydrogens is 714 g/mol. The van der Waals surface area contributed by atoms with E-state index in [2.05, 4.69) is 5.32 Å². The summed E-state index contributed by atoms with van der Waals surface area (Å²) in [6, 6.07) is 7.27. The Morgan fingerprint density at radius 2 is 1.55 bits per heavy atom. The summed E-state index contributed by atoms with van der Waals surface area (Å²) >= 11 is 0. The molecule has 5 aliphatic rings. The average Bonchev–Trinajstić information content (AvgIpc) is 3.12. The van der Waals surface area contributed by atoms with Crippen molar-refractivity contribution in [1.29, 1.82) is 0 Å². The molecule has 0 unspecified atom stereocenters. The molecule has 14 heteroatoms. The van der Waals surface area contributed by atoms with Gasteiger partial charge in [0.15, 0.2) is 17.5 Å². The molecule has 2 aliphatic heterocycles. The summed E-state index contributed by atoms with van der Waals surface area (Å²) in [5.74, 6) is -5.24. The van der Waals surface area contributed by atoms with Crippen molar-refractivity contribution in [3.05, 3.63) is 47.0 Å². The van der Waals surface area contributed by atoms with Gasteiger partial charge in [0.2, 0.25) is 5.91 Å². The number of ether oxygens (including phenoxy) is 4. The molecule has 5 N–H and O–H groups in total. The third kappa shape index (κ3) is 6.91. The number of hydrogen-bond acceptors (Lipinski definition) is 13. The fraction of sp³-hybridized carbons (Fsp3) is 0.683. The number of carbonyl (C=O) groups excluding carboxylic acids is 5. The number of fused-ring (bicyclic) bond motifs is 6. The number of hydrogen-bond donors (Lipinski definition) is 5. The first-order valence-electron chi connectivity index (χ1n) is 19.5. The molecule has 3 bridgehead atoms. The van der Waals surface area contributed by atoms with Crippen LogP contribution in [0.2, 0.25) is 0 Å². The Labute approximate surface area is 320 Å². The highest BCUT2D eigenvalue weighted by Crippen LogP contribution is 2.64. The average molecular weight is 770 g/mol. The number of amides is 1. The van der Waals surface area contributed by atoms with Crippen LogP contribution in [0.4, 0.5) is 0 Å². The minimum atomic E-state index is -2.25. The number of aliphatic hydroxyl groups is 4. The Bertz CT molecular complexity index is 1710. The van der Waals surface area contributed by atoms with Crippen LogP contribution in [0.15, 0.2) is 41.5 Å². The van der Waals surface area contributed by atoms with Crippen LogP contribution >= 0.6 is 0 Å². The van der Waals surface area contributed by atoms with Gasteiger partial charge < -0.3 is 44.7 Å². The van der Waals surface area contributed by atoms with E-state index < -0.39 is 101 Å². The number of Topliss-reactive ketones (excluding diaryl/α,β-unsaturated/α-hetero) is 1. The minimum Gasteiger partial charge on any atom is -0.459 e. The zero-order valence-corrected chi connectivity index (χ0v) is 32.2. The quantitative estimate of drug-likeness (QED) is 0.166. The van der Waals surface area contributed by atoms with E-state index in [9.17, 15) is 44.4 Å². The third-order valence-corrected chi connectivity index (χ3v) is 13.3. The summed E-state index contributed by atoms with van der Waals surface area (Å²) in [6.45, 7) is 7.09. The largest absolute Gasteiger partial charge is 0.459 e. The van der Waals surface area contributed by atoms with Crippen molar-refractivity contribution < 1.29 is 63.3 Å². The molecule has 0 spiro atoms. The van der Waals surface area contributed by atoms with Crippen molar-refractivity contribution >= 4 is 29.6 Å². The van der Waals surface area contributed by atoms with Crippen LogP contribution in [-0.4, -0.2) is 104 Å². The van der Waals surface area contributed by atoms with Gasteiger partial charge in [-0.3, -0.25) is 19.2 Å². The number of carbonyl (C=O) groups is 5. The molecule has 1 amide bonds. The van der Waals surface area contributed by atoms with Gasteiger partial charge in [-0.15, -0.1) is 0 Å². The predicted octanol–water partition coefficient (Wildman–Crippen LogP) is 2.67. The first kappa shape index (κ1) is 41.0. The van der Waals surface area contributed by atoms with Gasteiger partial charge in [-0.2, -0.15) is 0 Å². The van der Waals surface area contributed by atoms with E-state index in [0.29, 0.717) is 24.8 Å². The lowest BCUT2D eigenvalue weighted by molar-refractivity contribution is -0.347. The summed E-state index contributed by atoms with van der Waals surface area (Å²) < 4.78 is 24.1.